The average molecular weight is 286 g/mol. The molecule has 0 fully saturated rings. The molecule has 3 N–H and O–H groups in total. The van der Waals surface area contributed by atoms with Crippen molar-refractivity contribution in [3.05, 3.63) is 63.6 Å². The van der Waals surface area contributed by atoms with Gasteiger partial charge in [0.05, 0.1) is 21.8 Å². The van der Waals surface area contributed by atoms with Crippen LogP contribution in [0.4, 0.5) is 4.39 Å². The Morgan fingerprint density at radius 2 is 2.00 bits per heavy atom. The van der Waals surface area contributed by atoms with Gasteiger partial charge in [-0.05, 0) is 29.8 Å². The van der Waals surface area contributed by atoms with E-state index in [4.69, 9.17) is 29.0 Å². The highest BCUT2D eigenvalue weighted by molar-refractivity contribution is 6.42. The monoisotopic (exact) mass is 285 g/mol. The van der Waals surface area contributed by atoms with Crippen molar-refractivity contribution in [2.45, 2.75) is 6.04 Å². The maximum Gasteiger partial charge on any atom is 0.146 e. The first-order valence-electron chi connectivity index (χ1n) is 5.15. The topological polar surface area (TPSA) is 50.9 Å². The SMILES string of the molecule is NNC(c1ccc(Cl)c(Cl)c1)c1ncccc1F. The molecule has 0 spiro atoms. The zero-order chi connectivity index (χ0) is 13.1. The number of halogens is 3. The summed E-state index contributed by atoms with van der Waals surface area (Å²) in [6.45, 7) is 0. The maximum absolute atomic E-state index is 13.7. The van der Waals surface area contributed by atoms with Crippen LogP contribution in [0.15, 0.2) is 36.5 Å². The molecule has 2 aromatic rings. The van der Waals surface area contributed by atoms with Crippen LogP contribution in [0, 0.1) is 5.82 Å². The second-order valence-electron chi connectivity index (χ2n) is 3.64. The molecule has 94 valence electrons. The third kappa shape index (κ3) is 2.62. The fourth-order valence-electron chi connectivity index (χ4n) is 1.64. The second-order valence-corrected chi connectivity index (χ2v) is 4.46. The minimum Gasteiger partial charge on any atom is -0.271 e. The molecule has 6 heteroatoms. The molecule has 3 nitrogen and oxygen atoms in total. The Kier molecular flexibility index (Phi) is 4.14. The van der Waals surface area contributed by atoms with E-state index in [1.807, 2.05) is 0 Å². The summed E-state index contributed by atoms with van der Waals surface area (Å²) in [6.07, 6.45) is 1.50. The Hall–Kier alpha value is -1.20. The van der Waals surface area contributed by atoms with Gasteiger partial charge in [0.1, 0.15) is 5.82 Å². The third-order valence-corrected chi connectivity index (χ3v) is 3.24. The summed E-state index contributed by atoms with van der Waals surface area (Å²) in [5.74, 6) is 5.02. The van der Waals surface area contributed by atoms with Crippen molar-refractivity contribution < 1.29 is 4.39 Å². The minimum atomic E-state index is -0.582. The van der Waals surface area contributed by atoms with Gasteiger partial charge in [0.2, 0.25) is 0 Å². The van der Waals surface area contributed by atoms with E-state index in [1.165, 1.54) is 18.3 Å². The van der Waals surface area contributed by atoms with Gasteiger partial charge in [0, 0.05) is 6.20 Å². The summed E-state index contributed by atoms with van der Waals surface area (Å²) in [6, 6.07) is 7.23. The number of nitrogens with one attached hydrogen (secondary N) is 1. The molecule has 0 radical (unpaired) electrons. The Balaban J connectivity index is 2.45. The second kappa shape index (κ2) is 5.63. The molecule has 0 saturated carbocycles. The summed E-state index contributed by atoms with van der Waals surface area (Å²) < 4.78 is 13.7. The molecular weight excluding hydrogens is 276 g/mol. The first-order chi connectivity index (χ1) is 8.63. The number of pyridine rings is 1. The van der Waals surface area contributed by atoms with Gasteiger partial charge in [-0.1, -0.05) is 29.3 Å². The Morgan fingerprint density at radius 1 is 1.22 bits per heavy atom. The number of hydrogen-bond acceptors (Lipinski definition) is 3. The van der Waals surface area contributed by atoms with E-state index in [1.54, 1.807) is 18.2 Å². The van der Waals surface area contributed by atoms with Gasteiger partial charge in [0.15, 0.2) is 0 Å². The molecule has 0 bridgehead atoms. The van der Waals surface area contributed by atoms with E-state index in [-0.39, 0.29) is 5.69 Å². The van der Waals surface area contributed by atoms with Crippen LogP contribution < -0.4 is 11.3 Å². The van der Waals surface area contributed by atoms with E-state index in [0.717, 1.165) is 0 Å². The molecule has 1 aromatic heterocycles. The zero-order valence-corrected chi connectivity index (χ0v) is 10.7. The normalized spacial score (nSPS) is 12.4. The minimum absolute atomic E-state index is 0.207. The third-order valence-electron chi connectivity index (χ3n) is 2.50. The average Bonchev–Trinajstić information content (AvgIpc) is 2.37. The standard InChI is InChI=1S/C12H10Cl2FN3/c13-8-4-3-7(6-9(8)14)11(18-16)12-10(15)2-1-5-17-12/h1-6,11,18H,16H2. The highest BCUT2D eigenvalue weighted by atomic mass is 35.5. The van der Waals surface area contributed by atoms with Crippen LogP contribution in [-0.2, 0) is 0 Å². The summed E-state index contributed by atoms with van der Waals surface area (Å²) in [5, 5.41) is 0.809. The molecule has 0 aliphatic rings. The highest BCUT2D eigenvalue weighted by Crippen LogP contribution is 2.28. The largest absolute Gasteiger partial charge is 0.271 e. The van der Waals surface area contributed by atoms with E-state index in [9.17, 15) is 4.39 Å². The van der Waals surface area contributed by atoms with E-state index < -0.39 is 11.9 Å². The van der Waals surface area contributed by atoms with Gasteiger partial charge < -0.3 is 0 Å². The fourth-order valence-corrected chi connectivity index (χ4v) is 1.94. The Bertz CT molecular complexity index is 563. The molecule has 0 aliphatic carbocycles. The van der Waals surface area contributed by atoms with Crippen LogP contribution in [0.1, 0.15) is 17.3 Å². The molecule has 0 amide bonds. The lowest BCUT2D eigenvalue weighted by Crippen LogP contribution is -2.30. The number of nitrogens with zero attached hydrogens (tertiary/aromatic N) is 1. The molecule has 1 atom stereocenters. The van der Waals surface area contributed by atoms with Crippen molar-refractivity contribution in [2.75, 3.05) is 0 Å². The van der Waals surface area contributed by atoms with Crippen molar-refractivity contribution in [3.8, 4) is 0 Å². The van der Waals surface area contributed by atoms with Crippen LogP contribution >= 0.6 is 23.2 Å². The molecule has 2 rings (SSSR count). The van der Waals surface area contributed by atoms with Crippen molar-refractivity contribution in [2.24, 2.45) is 5.84 Å². The lowest BCUT2D eigenvalue weighted by molar-refractivity contribution is 0.543. The zero-order valence-electron chi connectivity index (χ0n) is 9.20. The molecular formula is C12H10Cl2FN3. The summed E-state index contributed by atoms with van der Waals surface area (Å²) >= 11 is 11.8. The van der Waals surface area contributed by atoms with Crippen LogP contribution in [0.2, 0.25) is 10.0 Å². The number of nitrogens with two attached hydrogens (primary N) is 1. The molecule has 0 saturated heterocycles. The van der Waals surface area contributed by atoms with Gasteiger partial charge in [-0.3, -0.25) is 10.8 Å². The fraction of sp³-hybridized carbons (Fsp3) is 0.0833. The van der Waals surface area contributed by atoms with E-state index in [2.05, 4.69) is 10.4 Å². The van der Waals surface area contributed by atoms with Crippen molar-refractivity contribution >= 4 is 23.2 Å². The van der Waals surface area contributed by atoms with Crippen LogP contribution in [0.3, 0.4) is 0 Å². The van der Waals surface area contributed by atoms with Crippen LogP contribution in [0.5, 0.6) is 0 Å². The molecule has 1 heterocycles. The first kappa shape index (κ1) is 13.2. The summed E-state index contributed by atoms with van der Waals surface area (Å²) in [5.41, 5.74) is 3.41. The number of rotatable bonds is 3. The van der Waals surface area contributed by atoms with Crippen molar-refractivity contribution in [3.63, 3.8) is 0 Å². The molecule has 0 aliphatic heterocycles. The molecule has 1 unspecified atom stereocenters. The van der Waals surface area contributed by atoms with E-state index in [0.29, 0.717) is 15.6 Å². The lowest BCUT2D eigenvalue weighted by atomic mass is 10.0. The van der Waals surface area contributed by atoms with Gasteiger partial charge >= 0.3 is 0 Å². The summed E-state index contributed by atoms with van der Waals surface area (Å²) in [7, 11) is 0. The number of benzene rings is 1. The van der Waals surface area contributed by atoms with Gasteiger partial charge in [-0.15, -0.1) is 0 Å². The summed E-state index contributed by atoms with van der Waals surface area (Å²) in [4.78, 5) is 3.98. The number of aromatic nitrogens is 1. The van der Waals surface area contributed by atoms with Gasteiger partial charge in [-0.25, -0.2) is 9.82 Å². The first-order valence-corrected chi connectivity index (χ1v) is 5.90. The Labute approximate surface area is 114 Å². The number of hydrogen-bond donors (Lipinski definition) is 2. The van der Waals surface area contributed by atoms with Gasteiger partial charge in [0.25, 0.3) is 0 Å². The van der Waals surface area contributed by atoms with Crippen LogP contribution in [0.25, 0.3) is 0 Å². The van der Waals surface area contributed by atoms with Crippen molar-refractivity contribution in [1.82, 2.24) is 10.4 Å². The quantitative estimate of drug-likeness (QED) is 0.673. The lowest BCUT2D eigenvalue weighted by Gasteiger charge is -2.16. The number of hydrazine groups is 1. The smallest absolute Gasteiger partial charge is 0.146 e. The predicted molar refractivity (Wildman–Crippen MR) is 69.8 cm³/mol. The Morgan fingerprint density at radius 3 is 2.61 bits per heavy atom. The maximum atomic E-state index is 13.7. The molecule has 18 heavy (non-hydrogen) atoms. The van der Waals surface area contributed by atoms with Gasteiger partial charge in [-0.2, -0.15) is 0 Å². The van der Waals surface area contributed by atoms with E-state index >= 15 is 0 Å². The highest BCUT2D eigenvalue weighted by Gasteiger charge is 2.18. The van der Waals surface area contributed by atoms with Crippen molar-refractivity contribution in [1.29, 1.82) is 0 Å². The van der Waals surface area contributed by atoms with Crippen LogP contribution in [-0.4, -0.2) is 4.98 Å². The molecule has 1 aromatic carbocycles. The predicted octanol–water partition coefficient (Wildman–Crippen LogP) is 3.08.